The molecule has 7 heteroatoms. The summed E-state index contributed by atoms with van der Waals surface area (Å²) in [6.07, 6.45) is 3.54. The molecule has 2 aromatic heterocycles. The fourth-order valence-corrected chi connectivity index (χ4v) is 2.17. The van der Waals surface area contributed by atoms with Gasteiger partial charge in [0.25, 0.3) is 5.56 Å². The first-order valence-electron chi connectivity index (χ1n) is 5.95. The zero-order chi connectivity index (χ0) is 13.7. The molecular formula is C12H15N5OS. The Hall–Kier alpha value is -1.73. The van der Waals surface area contributed by atoms with Gasteiger partial charge in [-0.2, -0.15) is 0 Å². The van der Waals surface area contributed by atoms with Gasteiger partial charge in [0.1, 0.15) is 0 Å². The molecular weight excluding hydrogens is 262 g/mol. The average Bonchev–Trinajstić information content (AvgIpc) is 2.37. The van der Waals surface area contributed by atoms with Gasteiger partial charge in [0.05, 0.1) is 0 Å². The summed E-state index contributed by atoms with van der Waals surface area (Å²) in [7, 11) is 0. The van der Waals surface area contributed by atoms with Gasteiger partial charge in [-0.25, -0.2) is 15.0 Å². The second-order valence-corrected chi connectivity index (χ2v) is 4.90. The third-order valence-corrected chi connectivity index (χ3v) is 3.08. The zero-order valence-corrected chi connectivity index (χ0v) is 11.6. The predicted octanol–water partition coefficient (Wildman–Crippen LogP) is 1.13. The number of rotatable bonds is 5. The van der Waals surface area contributed by atoms with Gasteiger partial charge >= 0.3 is 0 Å². The molecule has 0 aliphatic heterocycles. The van der Waals surface area contributed by atoms with Gasteiger partial charge in [-0.3, -0.25) is 4.79 Å². The first kappa shape index (κ1) is 13.7. The largest absolute Gasteiger partial charge is 0.313 e. The van der Waals surface area contributed by atoms with Crippen LogP contribution in [-0.2, 0) is 6.54 Å². The van der Waals surface area contributed by atoms with Crippen LogP contribution in [0.2, 0.25) is 0 Å². The van der Waals surface area contributed by atoms with Crippen LogP contribution in [-0.4, -0.2) is 26.5 Å². The van der Waals surface area contributed by atoms with E-state index in [9.17, 15) is 4.79 Å². The molecule has 0 aromatic carbocycles. The Balaban J connectivity index is 2.08. The van der Waals surface area contributed by atoms with Crippen LogP contribution in [0.4, 0.5) is 0 Å². The van der Waals surface area contributed by atoms with Gasteiger partial charge in [0.15, 0.2) is 10.3 Å². The Morgan fingerprint density at radius 1 is 1.37 bits per heavy atom. The lowest BCUT2D eigenvalue weighted by Crippen LogP contribution is -2.12. The molecule has 2 aromatic rings. The molecule has 0 bridgehead atoms. The van der Waals surface area contributed by atoms with Crippen molar-refractivity contribution in [1.29, 1.82) is 0 Å². The van der Waals surface area contributed by atoms with Gasteiger partial charge in [0, 0.05) is 36.3 Å². The highest BCUT2D eigenvalue weighted by Gasteiger charge is 2.04. The molecule has 0 atom stereocenters. The summed E-state index contributed by atoms with van der Waals surface area (Å²) in [6.45, 7) is 5.48. The van der Waals surface area contributed by atoms with Crippen LogP contribution in [0.1, 0.15) is 18.2 Å². The smallest absolute Gasteiger partial charge is 0.251 e. The van der Waals surface area contributed by atoms with E-state index in [1.165, 1.54) is 17.8 Å². The molecule has 2 rings (SSSR count). The number of aromatic amines is 1. The summed E-state index contributed by atoms with van der Waals surface area (Å²) in [4.78, 5) is 26.7. The standard InChI is InChI=1S/C12H15N5OS/c1-3-13-5-9-6-14-11(15-7-9)19-12-16-8(2)4-10(18)17-12/h4,6-7,13H,3,5H2,1-2H3,(H,16,17,18). The van der Waals surface area contributed by atoms with Crippen molar-refractivity contribution >= 4 is 11.8 Å². The van der Waals surface area contributed by atoms with Gasteiger partial charge in [-0.15, -0.1) is 0 Å². The Bertz CT molecular complexity index is 596. The highest BCUT2D eigenvalue weighted by molar-refractivity contribution is 7.99. The molecule has 2 N–H and O–H groups in total. The van der Waals surface area contributed by atoms with E-state index in [0.717, 1.165) is 18.7 Å². The Kier molecular flexibility index (Phi) is 4.64. The van der Waals surface area contributed by atoms with Gasteiger partial charge < -0.3 is 10.3 Å². The third kappa shape index (κ3) is 4.15. The number of hydrogen-bond donors (Lipinski definition) is 2. The minimum absolute atomic E-state index is 0.168. The Morgan fingerprint density at radius 2 is 2.11 bits per heavy atom. The Morgan fingerprint density at radius 3 is 2.74 bits per heavy atom. The van der Waals surface area contributed by atoms with Gasteiger partial charge in [-0.05, 0) is 25.2 Å². The molecule has 0 aliphatic carbocycles. The van der Waals surface area contributed by atoms with Crippen LogP contribution >= 0.6 is 11.8 Å². The Labute approximate surface area is 115 Å². The third-order valence-electron chi connectivity index (χ3n) is 2.30. The molecule has 0 radical (unpaired) electrons. The van der Waals surface area contributed by atoms with Gasteiger partial charge in [-0.1, -0.05) is 6.92 Å². The number of nitrogens with zero attached hydrogens (tertiary/aromatic N) is 3. The quantitative estimate of drug-likeness (QED) is 0.797. The highest BCUT2D eigenvalue weighted by atomic mass is 32.2. The second kappa shape index (κ2) is 6.44. The van der Waals surface area contributed by atoms with Crippen molar-refractivity contribution in [3.63, 3.8) is 0 Å². The van der Waals surface area contributed by atoms with Crippen molar-refractivity contribution in [2.75, 3.05) is 6.54 Å². The molecule has 2 heterocycles. The molecule has 0 amide bonds. The minimum Gasteiger partial charge on any atom is -0.313 e. The molecule has 6 nitrogen and oxygen atoms in total. The molecule has 0 saturated heterocycles. The summed E-state index contributed by atoms with van der Waals surface area (Å²) in [6, 6.07) is 1.45. The summed E-state index contributed by atoms with van der Waals surface area (Å²) in [5, 5.41) is 4.27. The summed E-state index contributed by atoms with van der Waals surface area (Å²) in [5.74, 6) is 0. The fraction of sp³-hybridized carbons (Fsp3) is 0.333. The first-order valence-corrected chi connectivity index (χ1v) is 6.76. The number of nitrogens with one attached hydrogen (secondary N) is 2. The monoisotopic (exact) mass is 277 g/mol. The maximum Gasteiger partial charge on any atom is 0.251 e. The van der Waals surface area contributed by atoms with Crippen molar-refractivity contribution in [2.45, 2.75) is 30.7 Å². The number of aryl methyl sites for hydroxylation is 1. The van der Waals surface area contributed by atoms with Crippen molar-refractivity contribution in [2.24, 2.45) is 0 Å². The normalized spacial score (nSPS) is 10.6. The highest BCUT2D eigenvalue weighted by Crippen LogP contribution is 2.19. The van der Waals surface area contributed by atoms with Crippen molar-refractivity contribution in [1.82, 2.24) is 25.3 Å². The second-order valence-electron chi connectivity index (χ2n) is 3.95. The average molecular weight is 277 g/mol. The molecule has 0 aliphatic rings. The van der Waals surface area contributed by atoms with E-state index in [-0.39, 0.29) is 5.56 Å². The first-order chi connectivity index (χ1) is 9.17. The van der Waals surface area contributed by atoms with E-state index in [1.54, 1.807) is 19.3 Å². The van der Waals surface area contributed by atoms with Crippen LogP contribution in [0, 0.1) is 6.92 Å². The van der Waals surface area contributed by atoms with Crippen molar-refractivity contribution in [3.05, 3.63) is 40.1 Å². The lowest BCUT2D eigenvalue weighted by Gasteiger charge is -2.03. The minimum atomic E-state index is -0.168. The molecule has 100 valence electrons. The van der Waals surface area contributed by atoms with E-state index < -0.39 is 0 Å². The number of H-pyrrole nitrogens is 1. The fourth-order valence-electron chi connectivity index (χ4n) is 1.44. The van der Waals surface area contributed by atoms with E-state index in [2.05, 4.69) is 25.3 Å². The summed E-state index contributed by atoms with van der Waals surface area (Å²) >= 11 is 1.24. The molecule has 19 heavy (non-hydrogen) atoms. The van der Waals surface area contributed by atoms with E-state index in [4.69, 9.17) is 0 Å². The summed E-state index contributed by atoms with van der Waals surface area (Å²) in [5.41, 5.74) is 1.53. The molecule has 0 fully saturated rings. The zero-order valence-electron chi connectivity index (χ0n) is 10.8. The van der Waals surface area contributed by atoms with Crippen LogP contribution in [0.5, 0.6) is 0 Å². The van der Waals surface area contributed by atoms with E-state index in [0.29, 0.717) is 16.0 Å². The van der Waals surface area contributed by atoms with Crippen LogP contribution in [0.15, 0.2) is 33.6 Å². The maximum absolute atomic E-state index is 11.3. The van der Waals surface area contributed by atoms with Crippen molar-refractivity contribution < 1.29 is 0 Å². The van der Waals surface area contributed by atoms with Crippen LogP contribution < -0.4 is 10.9 Å². The lowest BCUT2D eigenvalue weighted by atomic mass is 10.3. The number of hydrogen-bond acceptors (Lipinski definition) is 6. The summed E-state index contributed by atoms with van der Waals surface area (Å²) < 4.78 is 0. The van der Waals surface area contributed by atoms with E-state index in [1.807, 2.05) is 6.92 Å². The molecule has 0 spiro atoms. The van der Waals surface area contributed by atoms with Crippen molar-refractivity contribution in [3.8, 4) is 0 Å². The maximum atomic E-state index is 11.3. The van der Waals surface area contributed by atoms with Gasteiger partial charge in [0.2, 0.25) is 0 Å². The SMILES string of the molecule is CCNCc1cnc(Sc2nc(C)cc(=O)[nH]2)nc1. The molecule has 0 unspecified atom stereocenters. The predicted molar refractivity (Wildman–Crippen MR) is 73.1 cm³/mol. The molecule has 0 saturated carbocycles. The van der Waals surface area contributed by atoms with Crippen LogP contribution in [0.25, 0.3) is 0 Å². The topological polar surface area (TPSA) is 83.6 Å². The van der Waals surface area contributed by atoms with E-state index >= 15 is 0 Å². The van der Waals surface area contributed by atoms with Crippen LogP contribution in [0.3, 0.4) is 0 Å². The lowest BCUT2D eigenvalue weighted by molar-refractivity contribution is 0.716. The number of aromatic nitrogens is 4.